The van der Waals surface area contributed by atoms with Gasteiger partial charge in [0.05, 0.1) is 5.02 Å². The molecule has 0 radical (unpaired) electrons. The van der Waals surface area contributed by atoms with Crippen molar-refractivity contribution in [2.75, 3.05) is 0 Å². The predicted molar refractivity (Wildman–Crippen MR) is 62.6 cm³/mol. The van der Waals surface area contributed by atoms with Crippen LogP contribution in [0.15, 0.2) is 18.2 Å². The SMILES string of the molecule is CCCC(C)(N)Cc1cccc(F)c1Cl. The second kappa shape index (κ2) is 4.95. The van der Waals surface area contributed by atoms with Crippen molar-refractivity contribution in [2.45, 2.75) is 38.6 Å². The van der Waals surface area contributed by atoms with Crippen molar-refractivity contribution < 1.29 is 4.39 Å². The number of nitrogens with two attached hydrogens (primary N) is 1. The molecule has 1 aromatic carbocycles. The summed E-state index contributed by atoms with van der Waals surface area (Å²) in [5.74, 6) is -0.374. The van der Waals surface area contributed by atoms with E-state index in [1.807, 2.05) is 13.0 Å². The minimum absolute atomic E-state index is 0.199. The molecule has 1 rings (SSSR count). The molecule has 1 nitrogen and oxygen atoms in total. The Balaban J connectivity index is 2.85. The molecule has 0 amide bonds. The second-order valence-corrected chi connectivity index (χ2v) is 4.67. The van der Waals surface area contributed by atoms with Crippen molar-refractivity contribution in [3.05, 3.63) is 34.6 Å². The van der Waals surface area contributed by atoms with E-state index in [0.717, 1.165) is 18.4 Å². The van der Waals surface area contributed by atoms with Gasteiger partial charge in [0.15, 0.2) is 0 Å². The predicted octanol–water partition coefficient (Wildman–Crippen LogP) is 3.54. The summed E-state index contributed by atoms with van der Waals surface area (Å²) in [5.41, 5.74) is 6.57. The monoisotopic (exact) mass is 229 g/mol. The van der Waals surface area contributed by atoms with E-state index in [1.54, 1.807) is 6.07 Å². The second-order valence-electron chi connectivity index (χ2n) is 4.29. The fraction of sp³-hybridized carbons (Fsp3) is 0.500. The van der Waals surface area contributed by atoms with Gasteiger partial charge in [-0.3, -0.25) is 0 Å². The quantitative estimate of drug-likeness (QED) is 0.840. The molecule has 2 N–H and O–H groups in total. The summed E-state index contributed by atoms with van der Waals surface area (Å²) in [6, 6.07) is 4.85. The summed E-state index contributed by atoms with van der Waals surface area (Å²) in [6.07, 6.45) is 2.53. The highest BCUT2D eigenvalue weighted by atomic mass is 35.5. The van der Waals surface area contributed by atoms with Gasteiger partial charge in [-0.05, 0) is 31.4 Å². The van der Waals surface area contributed by atoms with Gasteiger partial charge in [0.1, 0.15) is 5.82 Å². The Morgan fingerprint density at radius 1 is 1.47 bits per heavy atom. The molecule has 0 saturated heterocycles. The number of halogens is 2. The van der Waals surface area contributed by atoms with Crippen molar-refractivity contribution in [1.29, 1.82) is 0 Å². The van der Waals surface area contributed by atoms with Gasteiger partial charge in [0, 0.05) is 5.54 Å². The van der Waals surface area contributed by atoms with Crippen LogP contribution in [0.3, 0.4) is 0 Å². The molecular formula is C12H17ClFN. The zero-order valence-electron chi connectivity index (χ0n) is 9.19. The molecule has 0 bridgehead atoms. The fourth-order valence-corrected chi connectivity index (χ4v) is 1.97. The molecule has 1 unspecified atom stereocenters. The number of rotatable bonds is 4. The lowest BCUT2D eigenvalue weighted by atomic mass is 9.89. The van der Waals surface area contributed by atoms with E-state index < -0.39 is 0 Å². The van der Waals surface area contributed by atoms with Crippen molar-refractivity contribution in [3.8, 4) is 0 Å². The lowest BCUT2D eigenvalue weighted by Gasteiger charge is -2.24. The zero-order chi connectivity index (χ0) is 11.5. The van der Waals surface area contributed by atoms with E-state index in [1.165, 1.54) is 6.07 Å². The summed E-state index contributed by atoms with van der Waals surface area (Å²) >= 11 is 5.87. The molecule has 1 aromatic rings. The summed E-state index contributed by atoms with van der Waals surface area (Å²) in [6.45, 7) is 4.05. The molecule has 84 valence electrons. The van der Waals surface area contributed by atoms with E-state index in [0.29, 0.717) is 6.42 Å². The molecule has 0 spiro atoms. The van der Waals surface area contributed by atoms with E-state index in [-0.39, 0.29) is 16.4 Å². The van der Waals surface area contributed by atoms with Crippen LogP contribution in [0, 0.1) is 5.82 Å². The third-order valence-corrected chi connectivity index (χ3v) is 2.87. The fourth-order valence-electron chi connectivity index (χ4n) is 1.78. The van der Waals surface area contributed by atoms with Crippen LogP contribution in [-0.2, 0) is 6.42 Å². The molecular weight excluding hydrogens is 213 g/mol. The van der Waals surface area contributed by atoms with Gasteiger partial charge >= 0.3 is 0 Å². The Morgan fingerprint density at radius 2 is 2.13 bits per heavy atom. The Bertz CT molecular complexity index is 336. The highest BCUT2D eigenvalue weighted by Crippen LogP contribution is 2.24. The highest BCUT2D eigenvalue weighted by molar-refractivity contribution is 6.31. The van der Waals surface area contributed by atoms with Gasteiger partial charge in [-0.2, -0.15) is 0 Å². The molecule has 0 aliphatic carbocycles. The van der Waals surface area contributed by atoms with Gasteiger partial charge in [-0.15, -0.1) is 0 Å². The maximum absolute atomic E-state index is 13.2. The molecule has 0 aliphatic rings. The van der Waals surface area contributed by atoms with Gasteiger partial charge in [0.25, 0.3) is 0 Å². The average molecular weight is 230 g/mol. The molecule has 0 aliphatic heterocycles. The first kappa shape index (κ1) is 12.5. The zero-order valence-corrected chi connectivity index (χ0v) is 9.94. The van der Waals surface area contributed by atoms with Crippen molar-refractivity contribution >= 4 is 11.6 Å². The highest BCUT2D eigenvalue weighted by Gasteiger charge is 2.20. The smallest absolute Gasteiger partial charge is 0.142 e. The topological polar surface area (TPSA) is 26.0 Å². The molecule has 0 aromatic heterocycles. The van der Waals surface area contributed by atoms with Crippen LogP contribution in [-0.4, -0.2) is 5.54 Å². The lowest BCUT2D eigenvalue weighted by molar-refractivity contribution is 0.424. The van der Waals surface area contributed by atoms with Gasteiger partial charge < -0.3 is 5.73 Å². The van der Waals surface area contributed by atoms with Crippen LogP contribution >= 0.6 is 11.6 Å². The number of hydrogen-bond donors (Lipinski definition) is 1. The van der Waals surface area contributed by atoms with Gasteiger partial charge in [0.2, 0.25) is 0 Å². The van der Waals surface area contributed by atoms with E-state index >= 15 is 0 Å². The van der Waals surface area contributed by atoms with Crippen LogP contribution in [0.25, 0.3) is 0 Å². The van der Waals surface area contributed by atoms with Crippen LogP contribution in [0.2, 0.25) is 5.02 Å². The minimum Gasteiger partial charge on any atom is -0.325 e. The Hall–Kier alpha value is -0.600. The number of hydrogen-bond acceptors (Lipinski definition) is 1. The summed E-state index contributed by atoms with van der Waals surface area (Å²) in [4.78, 5) is 0. The van der Waals surface area contributed by atoms with E-state index in [9.17, 15) is 4.39 Å². The van der Waals surface area contributed by atoms with Crippen molar-refractivity contribution in [3.63, 3.8) is 0 Å². The maximum Gasteiger partial charge on any atom is 0.142 e. The molecule has 3 heteroatoms. The lowest BCUT2D eigenvalue weighted by Crippen LogP contribution is -2.38. The first-order chi connectivity index (χ1) is 6.96. The van der Waals surface area contributed by atoms with Crippen molar-refractivity contribution in [2.24, 2.45) is 5.73 Å². The van der Waals surface area contributed by atoms with Crippen LogP contribution < -0.4 is 5.73 Å². The minimum atomic E-state index is -0.374. The molecule has 0 fully saturated rings. The number of benzene rings is 1. The normalized spacial score (nSPS) is 15.0. The Labute approximate surface area is 95.4 Å². The maximum atomic E-state index is 13.2. The molecule has 1 atom stereocenters. The molecule has 15 heavy (non-hydrogen) atoms. The third kappa shape index (κ3) is 3.47. The molecule has 0 saturated carbocycles. The summed E-state index contributed by atoms with van der Waals surface area (Å²) < 4.78 is 13.2. The first-order valence-corrected chi connectivity index (χ1v) is 5.56. The third-order valence-electron chi connectivity index (χ3n) is 2.45. The van der Waals surface area contributed by atoms with Crippen molar-refractivity contribution in [1.82, 2.24) is 0 Å². The van der Waals surface area contributed by atoms with E-state index in [4.69, 9.17) is 17.3 Å². The van der Waals surface area contributed by atoms with Crippen LogP contribution in [0.1, 0.15) is 32.3 Å². The van der Waals surface area contributed by atoms with Gasteiger partial charge in [-0.1, -0.05) is 37.1 Å². The van der Waals surface area contributed by atoms with Crippen LogP contribution in [0.5, 0.6) is 0 Å². The average Bonchev–Trinajstić information content (AvgIpc) is 2.12. The van der Waals surface area contributed by atoms with E-state index in [2.05, 4.69) is 6.92 Å². The Kier molecular flexibility index (Phi) is 4.12. The Morgan fingerprint density at radius 3 is 2.73 bits per heavy atom. The van der Waals surface area contributed by atoms with Crippen LogP contribution in [0.4, 0.5) is 4.39 Å². The summed E-state index contributed by atoms with van der Waals surface area (Å²) in [7, 11) is 0. The summed E-state index contributed by atoms with van der Waals surface area (Å²) in [5, 5.41) is 0.199. The largest absolute Gasteiger partial charge is 0.325 e. The first-order valence-electron chi connectivity index (χ1n) is 5.18. The van der Waals surface area contributed by atoms with Gasteiger partial charge in [-0.25, -0.2) is 4.39 Å². The standard InChI is InChI=1S/C12H17ClFN/c1-3-7-12(2,15)8-9-5-4-6-10(14)11(9)13/h4-6H,3,7-8,15H2,1-2H3. The molecule has 0 heterocycles.